The number of amides is 2. The van der Waals surface area contributed by atoms with Gasteiger partial charge in [0.05, 0.1) is 0 Å². The van der Waals surface area contributed by atoms with E-state index in [0.717, 1.165) is 12.0 Å². The smallest absolute Gasteiger partial charge is 0.262 e. The molecule has 1 aromatic rings. The van der Waals surface area contributed by atoms with Crippen LogP contribution in [0.4, 0.5) is 0 Å². The van der Waals surface area contributed by atoms with E-state index in [1.165, 1.54) is 6.08 Å². The Morgan fingerprint density at radius 1 is 1.28 bits per heavy atom. The van der Waals surface area contributed by atoms with Crippen LogP contribution in [0.3, 0.4) is 0 Å². The Hall–Kier alpha value is -1.81. The largest absolute Gasteiger partial charge is 0.273 e. The van der Waals surface area contributed by atoms with Crippen LogP contribution in [-0.2, 0) is 9.59 Å². The molecule has 0 bridgehead atoms. The van der Waals surface area contributed by atoms with Crippen LogP contribution >= 0.6 is 11.6 Å². The molecule has 0 heterocycles. The summed E-state index contributed by atoms with van der Waals surface area (Å²) in [5.41, 5.74) is 5.34. The van der Waals surface area contributed by atoms with Gasteiger partial charge in [0.15, 0.2) is 0 Å². The lowest BCUT2D eigenvalue weighted by molar-refractivity contribution is -0.126. The molecule has 18 heavy (non-hydrogen) atoms. The van der Waals surface area contributed by atoms with Gasteiger partial charge < -0.3 is 0 Å². The molecule has 0 aliphatic carbocycles. The topological polar surface area (TPSA) is 58.2 Å². The van der Waals surface area contributed by atoms with Gasteiger partial charge in [0.25, 0.3) is 5.91 Å². The number of rotatable bonds is 4. The van der Waals surface area contributed by atoms with Crippen LogP contribution in [0.25, 0.3) is 6.08 Å². The van der Waals surface area contributed by atoms with Gasteiger partial charge in [0.1, 0.15) is 0 Å². The molecule has 2 amide bonds. The minimum atomic E-state index is -0.403. The number of carbonyl (C=O) groups excluding carboxylic acids is 2. The summed E-state index contributed by atoms with van der Waals surface area (Å²) in [6.45, 7) is 1.89. The summed E-state index contributed by atoms with van der Waals surface area (Å²) in [5.74, 6) is -0.614. The molecule has 0 saturated heterocycles. The van der Waals surface area contributed by atoms with Gasteiger partial charge in [-0.15, -0.1) is 0 Å². The molecule has 0 saturated carbocycles. The zero-order chi connectivity index (χ0) is 13.4. The summed E-state index contributed by atoms with van der Waals surface area (Å²) < 4.78 is 0. The van der Waals surface area contributed by atoms with Gasteiger partial charge in [0.2, 0.25) is 5.91 Å². The molecule has 1 rings (SSSR count). The maximum atomic E-state index is 11.4. The van der Waals surface area contributed by atoms with Crippen LogP contribution in [-0.4, -0.2) is 11.8 Å². The Morgan fingerprint density at radius 2 is 2.00 bits per heavy atom. The van der Waals surface area contributed by atoms with E-state index in [1.54, 1.807) is 18.2 Å². The van der Waals surface area contributed by atoms with Crippen molar-refractivity contribution in [1.82, 2.24) is 10.9 Å². The van der Waals surface area contributed by atoms with E-state index in [1.807, 2.05) is 19.1 Å². The molecule has 2 N–H and O–H groups in total. The van der Waals surface area contributed by atoms with Gasteiger partial charge in [-0.05, 0) is 24.1 Å². The van der Waals surface area contributed by atoms with Gasteiger partial charge >= 0.3 is 0 Å². The summed E-state index contributed by atoms with van der Waals surface area (Å²) >= 11 is 5.92. The molecule has 0 aromatic heterocycles. The Labute approximate surface area is 111 Å². The number of hydrogen-bond acceptors (Lipinski definition) is 2. The maximum Gasteiger partial charge on any atom is 0.262 e. The minimum absolute atomic E-state index is 0.211. The van der Waals surface area contributed by atoms with E-state index in [0.29, 0.717) is 11.4 Å². The molecule has 0 spiro atoms. The van der Waals surface area contributed by atoms with E-state index in [-0.39, 0.29) is 5.91 Å². The number of benzene rings is 1. The van der Waals surface area contributed by atoms with Crippen LogP contribution < -0.4 is 10.9 Å². The average molecular weight is 267 g/mol. The fourth-order valence-corrected chi connectivity index (χ4v) is 1.44. The van der Waals surface area contributed by atoms with Crippen molar-refractivity contribution in [3.05, 3.63) is 40.9 Å². The molecule has 96 valence electrons. The van der Waals surface area contributed by atoms with Crippen molar-refractivity contribution in [1.29, 1.82) is 0 Å². The third-order valence-electron chi connectivity index (χ3n) is 2.12. The second-order valence-corrected chi connectivity index (χ2v) is 4.05. The molecule has 0 aliphatic heterocycles. The quantitative estimate of drug-likeness (QED) is 0.649. The van der Waals surface area contributed by atoms with Crippen molar-refractivity contribution in [2.24, 2.45) is 0 Å². The first-order valence-electron chi connectivity index (χ1n) is 5.65. The molecular weight excluding hydrogens is 252 g/mol. The molecule has 0 radical (unpaired) electrons. The highest BCUT2D eigenvalue weighted by Gasteiger charge is 2.00. The molecule has 5 heteroatoms. The zero-order valence-electron chi connectivity index (χ0n) is 10.1. The number of hydrazine groups is 1. The fraction of sp³-hybridized carbons (Fsp3) is 0.231. The van der Waals surface area contributed by atoms with Crippen LogP contribution in [0.1, 0.15) is 25.3 Å². The number of carbonyl (C=O) groups is 2. The number of halogens is 1. The lowest BCUT2D eigenvalue weighted by Gasteiger charge is -2.03. The second kappa shape index (κ2) is 7.50. The van der Waals surface area contributed by atoms with E-state index in [2.05, 4.69) is 10.9 Å². The van der Waals surface area contributed by atoms with Crippen molar-refractivity contribution in [3.8, 4) is 0 Å². The van der Waals surface area contributed by atoms with Crippen molar-refractivity contribution in [2.75, 3.05) is 0 Å². The molecule has 4 nitrogen and oxygen atoms in total. The predicted octanol–water partition coefficient (Wildman–Crippen LogP) is 2.30. The SMILES string of the molecule is CCCC(=O)NNC(=O)/C=C/c1ccccc1Cl. The van der Waals surface area contributed by atoms with E-state index in [4.69, 9.17) is 11.6 Å². The van der Waals surface area contributed by atoms with Crippen molar-refractivity contribution >= 4 is 29.5 Å². The molecular formula is C13H15ClN2O2. The normalized spacial score (nSPS) is 10.3. The van der Waals surface area contributed by atoms with Crippen LogP contribution in [0.15, 0.2) is 30.3 Å². The van der Waals surface area contributed by atoms with E-state index < -0.39 is 5.91 Å². The van der Waals surface area contributed by atoms with Gasteiger partial charge in [-0.1, -0.05) is 36.7 Å². The summed E-state index contributed by atoms with van der Waals surface area (Å²) in [4.78, 5) is 22.5. The summed E-state index contributed by atoms with van der Waals surface area (Å²) in [6.07, 6.45) is 4.02. The first kappa shape index (κ1) is 14.3. The Morgan fingerprint density at radius 3 is 2.67 bits per heavy atom. The Bertz CT molecular complexity index is 458. The van der Waals surface area contributed by atoms with Crippen molar-refractivity contribution in [2.45, 2.75) is 19.8 Å². The van der Waals surface area contributed by atoms with Crippen LogP contribution in [0.2, 0.25) is 5.02 Å². The first-order chi connectivity index (χ1) is 8.63. The third kappa shape index (κ3) is 5.01. The summed E-state index contributed by atoms with van der Waals surface area (Å²) in [6, 6.07) is 7.17. The number of hydrogen-bond donors (Lipinski definition) is 2. The van der Waals surface area contributed by atoms with E-state index >= 15 is 0 Å². The fourth-order valence-electron chi connectivity index (χ4n) is 1.24. The Kier molecular flexibility index (Phi) is 5.94. The molecule has 0 atom stereocenters. The average Bonchev–Trinajstić information content (AvgIpc) is 2.36. The van der Waals surface area contributed by atoms with Crippen LogP contribution in [0, 0.1) is 0 Å². The molecule has 0 unspecified atom stereocenters. The number of nitrogens with one attached hydrogen (secondary N) is 2. The molecule has 0 fully saturated rings. The van der Waals surface area contributed by atoms with E-state index in [9.17, 15) is 9.59 Å². The second-order valence-electron chi connectivity index (χ2n) is 3.64. The minimum Gasteiger partial charge on any atom is -0.273 e. The van der Waals surface area contributed by atoms with Gasteiger partial charge in [-0.25, -0.2) is 0 Å². The zero-order valence-corrected chi connectivity index (χ0v) is 10.8. The highest BCUT2D eigenvalue weighted by Crippen LogP contribution is 2.15. The third-order valence-corrected chi connectivity index (χ3v) is 2.47. The lowest BCUT2D eigenvalue weighted by atomic mass is 10.2. The monoisotopic (exact) mass is 266 g/mol. The highest BCUT2D eigenvalue weighted by atomic mass is 35.5. The maximum absolute atomic E-state index is 11.4. The molecule has 1 aromatic carbocycles. The summed E-state index contributed by atoms with van der Waals surface area (Å²) in [7, 11) is 0. The van der Waals surface area contributed by atoms with Crippen molar-refractivity contribution < 1.29 is 9.59 Å². The highest BCUT2D eigenvalue weighted by molar-refractivity contribution is 6.32. The van der Waals surface area contributed by atoms with Gasteiger partial charge in [-0.2, -0.15) is 0 Å². The van der Waals surface area contributed by atoms with Gasteiger partial charge in [-0.3, -0.25) is 20.4 Å². The van der Waals surface area contributed by atoms with Gasteiger partial charge in [0, 0.05) is 17.5 Å². The lowest BCUT2D eigenvalue weighted by Crippen LogP contribution is -2.40. The first-order valence-corrected chi connectivity index (χ1v) is 6.02. The standard InChI is InChI=1S/C13H15ClN2O2/c1-2-5-12(17)15-16-13(18)9-8-10-6-3-4-7-11(10)14/h3-4,6-9H,2,5H2,1H3,(H,15,17)(H,16,18)/b9-8+. The summed E-state index contributed by atoms with van der Waals surface area (Å²) in [5, 5.41) is 0.566. The Balaban J connectivity index is 2.45. The predicted molar refractivity (Wildman–Crippen MR) is 71.7 cm³/mol. The molecule has 0 aliphatic rings. The van der Waals surface area contributed by atoms with Crippen molar-refractivity contribution in [3.63, 3.8) is 0 Å². The van der Waals surface area contributed by atoms with Crippen LogP contribution in [0.5, 0.6) is 0 Å².